The Morgan fingerprint density at radius 1 is 1.13 bits per heavy atom. The SMILES string of the molecule is CCCC[C@@H]1CN(c2ccccc2)c2cc(F)c(-c3cc(C(=O)OC)sc3COC(C)=O)cc2S(=O)(=O)N1C. The number of para-hydroxylation sites is 1. The number of carbonyl (C=O) groups is 2. The van der Waals surface area contributed by atoms with Gasteiger partial charge in [-0.2, -0.15) is 4.31 Å². The molecule has 4 rings (SSSR count). The summed E-state index contributed by atoms with van der Waals surface area (Å²) < 4.78 is 55.2. The summed E-state index contributed by atoms with van der Waals surface area (Å²) in [5.74, 6) is -1.85. The quantitative estimate of drug-likeness (QED) is 0.317. The molecule has 1 atom stereocenters. The number of likely N-dealkylation sites (N-methyl/N-ethyl adjacent to an activating group) is 1. The van der Waals surface area contributed by atoms with Crippen LogP contribution in [0.2, 0.25) is 0 Å². The van der Waals surface area contributed by atoms with Gasteiger partial charge in [0.2, 0.25) is 10.0 Å². The lowest BCUT2D eigenvalue weighted by Crippen LogP contribution is -2.40. The molecule has 3 aromatic rings. The summed E-state index contributed by atoms with van der Waals surface area (Å²) in [6, 6.07) is 12.9. The summed E-state index contributed by atoms with van der Waals surface area (Å²) in [5.41, 5.74) is 1.23. The number of unbranched alkanes of at least 4 members (excludes halogenated alkanes) is 1. The van der Waals surface area contributed by atoms with E-state index in [9.17, 15) is 18.0 Å². The number of rotatable bonds is 8. The summed E-state index contributed by atoms with van der Waals surface area (Å²) in [5, 5.41) is 0. The van der Waals surface area contributed by atoms with Gasteiger partial charge in [-0.15, -0.1) is 11.3 Å². The van der Waals surface area contributed by atoms with Crippen LogP contribution in [0.25, 0.3) is 11.1 Å². The number of hydrogen-bond acceptors (Lipinski definition) is 8. The number of fused-ring (bicyclic) bond motifs is 1. The minimum Gasteiger partial charge on any atom is -0.465 e. The van der Waals surface area contributed by atoms with Crippen LogP contribution in [-0.2, 0) is 30.9 Å². The van der Waals surface area contributed by atoms with Crippen molar-refractivity contribution in [3.8, 4) is 11.1 Å². The maximum Gasteiger partial charge on any atom is 0.348 e. The molecule has 0 saturated carbocycles. The summed E-state index contributed by atoms with van der Waals surface area (Å²) in [6.45, 7) is 3.44. The first kappa shape index (κ1) is 28.7. The number of halogens is 1. The van der Waals surface area contributed by atoms with Crippen molar-refractivity contribution in [2.45, 2.75) is 50.7 Å². The molecule has 0 bridgehead atoms. The van der Waals surface area contributed by atoms with E-state index < -0.39 is 27.8 Å². The molecule has 11 heteroatoms. The number of thiophene rings is 1. The van der Waals surface area contributed by atoms with E-state index in [2.05, 4.69) is 0 Å². The minimum absolute atomic E-state index is 0.0145. The molecule has 8 nitrogen and oxygen atoms in total. The van der Waals surface area contributed by atoms with Gasteiger partial charge in [-0.1, -0.05) is 38.0 Å². The second-order valence-electron chi connectivity index (χ2n) is 9.28. The molecule has 1 aliphatic heterocycles. The molecule has 0 unspecified atom stereocenters. The molecule has 0 radical (unpaired) electrons. The minimum atomic E-state index is -4.03. The lowest BCUT2D eigenvalue weighted by atomic mass is 10.0. The monoisotopic (exact) mass is 574 g/mol. The van der Waals surface area contributed by atoms with Gasteiger partial charge in [0.1, 0.15) is 22.2 Å². The Labute approximate surface area is 232 Å². The first-order valence-electron chi connectivity index (χ1n) is 12.6. The average Bonchev–Trinajstić information content (AvgIpc) is 3.32. The van der Waals surface area contributed by atoms with Crippen LogP contribution in [0.5, 0.6) is 0 Å². The third-order valence-corrected chi connectivity index (χ3v) is 9.78. The van der Waals surface area contributed by atoms with Crippen molar-refractivity contribution in [1.82, 2.24) is 4.31 Å². The van der Waals surface area contributed by atoms with Gasteiger partial charge in [-0.25, -0.2) is 17.6 Å². The van der Waals surface area contributed by atoms with E-state index in [4.69, 9.17) is 9.47 Å². The third-order valence-electron chi connectivity index (χ3n) is 6.76. The zero-order valence-corrected chi connectivity index (χ0v) is 23.9. The summed E-state index contributed by atoms with van der Waals surface area (Å²) >= 11 is 0.998. The lowest BCUT2D eigenvalue weighted by molar-refractivity contribution is -0.142. The van der Waals surface area contributed by atoms with Crippen molar-refractivity contribution in [3.05, 3.63) is 64.1 Å². The zero-order valence-electron chi connectivity index (χ0n) is 22.3. The van der Waals surface area contributed by atoms with Crippen molar-refractivity contribution < 1.29 is 31.9 Å². The number of benzene rings is 2. The van der Waals surface area contributed by atoms with E-state index in [1.54, 1.807) is 7.05 Å². The normalized spacial score (nSPS) is 16.8. The molecular weight excluding hydrogens is 543 g/mol. The largest absolute Gasteiger partial charge is 0.465 e. The van der Waals surface area contributed by atoms with Gasteiger partial charge in [-0.3, -0.25) is 4.79 Å². The second kappa shape index (κ2) is 11.8. The van der Waals surface area contributed by atoms with Gasteiger partial charge >= 0.3 is 11.9 Å². The van der Waals surface area contributed by atoms with Gasteiger partial charge in [0, 0.05) is 43.4 Å². The first-order valence-corrected chi connectivity index (χ1v) is 14.8. The van der Waals surface area contributed by atoms with Crippen molar-refractivity contribution in [1.29, 1.82) is 0 Å². The Morgan fingerprint density at radius 3 is 2.49 bits per heavy atom. The van der Waals surface area contributed by atoms with Crippen LogP contribution in [-0.4, -0.2) is 51.4 Å². The van der Waals surface area contributed by atoms with Crippen molar-refractivity contribution >= 4 is 44.7 Å². The number of ether oxygens (including phenoxy) is 2. The number of anilines is 2. The number of esters is 2. The van der Waals surface area contributed by atoms with E-state index in [0.29, 0.717) is 17.8 Å². The topological polar surface area (TPSA) is 93.2 Å². The highest BCUT2D eigenvalue weighted by Gasteiger charge is 2.38. The fourth-order valence-electron chi connectivity index (χ4n) is 4.64. The molecule has 0 spiro atoms. The molecule has 2 heterocycles. The van der Waals surface area contributed by atoms with Gasteiger partial charge in [0.15, 0.2) is 0 Å². The van der Waals surface area contributed by atoms with Crippen LogP contribution in [0.15, 0.2) is 53.4 Å². The molecule has 208 valence electrons. The molecular formula is C28H31FN2O6S2. The Balaban J connectivity index is 1.94. The van der Waals surface area contributed by atoms with E-state index in [-0.39, 0.29) is 39.2 Å². The summed E-state index contributed by atoms with van der Waals surface area (Å²) in [6.07, 6.45) is 2.40. The molecule has 0 saturated heterocycles. The first-order chi connectivity index (χ1) is 18.6. The van der Waals surface area contributed by atoms with E-state index in [1.165, 1.54) is 36.5 Å². The van der Waals surface area contributed by atoms with Crippen LogP contribution in [0.3, 0.4) is 0 Å². The van der Waals surface area contributed by atoms with Crippen LogP contribution in [0, 0.1) is 5.82 Å². The highest BCUT2D eigenvalue weighted by atomic mass is 32.2. The lowest BCUT2D eigenvalue weighted by Gasteiger charge is -2.29. The molecule has 39 heavy (non-hydrogen) atoms. The maximum atomic E-state index is 16.0. The Kier molecular flexibility index (Phi) is 8.73. The molecule has 0 amide bonds. The fourth-order valence-corrected chi connectivity index (χ4v) is 7.22. The predicted molar refractivity (Wildman–Crippen MR) is 148 cm³/mol. The second-order valence-corrected chi connectivity index (χ2v) is 12.4. The zero-order chi connectivity index (χ0) is 28.3. The summed E-state index contributed by atoms with van der Waals surface area (Å²) in [7, 11) is -1.24. The molecule has 2 aromatic carbocycles. The number of nitrogens with zero attached hydrogens (tertiary/aromatic N) is 2. The van der Waals surface area contributed by atoms with Crippen LogP contribution < -0.4 is 4.90 Å². The van der Waals surface area contributed by atoms with Crippen molar-refractivity contribution in [2.24, 2.45) is 0 Å². The van der Waals surface area contributed by atoms with E-state index >= 15 is 4.39 Å². The molecule has 0 N–H and O–H groups in total. The Hall–Kier alpha value is -3.28. The number of carbonyl (C=O) groups excluding carboxylic acids is 2. The number of sulfonamides is 1. The number of methoxy groups -OCH3 is 1. The average molecular weight is 575 g/mol. The van der Waals surface area contributed by atoms with Gasteiger partial charge < -0.3 is 14.4 Å². The Morgan fingerprint density at radius 2 is 1.85 bits per heavy atom. The maximum absolute atomic E-state index is 16.0. The van der Waals surface area contributed by atoms with E-state index in [1.807, 2.05) is 42.2 Å². The predicted octanol–water partition coefficient (Wildman–Crippen LogP) is 5.73. The van der Waals surface area contributed by atoms with Crippen LogP contribution in [0.4, 0.5) is 15.8 Å². The highest BCUT2D eigenvalue weighted by Crippen LogP contribution is 2.43. The highest BCUT2D eigenvalue weighted by molar-refractivity contribution is 7.89. The standard InChI is InChI=1S/C28H31FN2O6S2/c1-5-6-10-20-16-31(19-11-8-7-9-12-19)24-15-23(29)21(14-27(24)39(34,35)30(20)3)22-13-25(28(33)36-4)38-26(22)17-37-18(2)32/h7-9,11-15,20H,5-6,10,16-17H2,1-4H3/t20-/m1/s1. The third kappa shape index (κ3) is 5.85. The molecule has 1 aromatic heterocycles. The van der Waals surface area contributed by atoms with E-state index in [0.717, 1.165) is 29.9 Å². The van der Waals surface area contributed by atoms with Crippen molar-refractivity contribution in [2.75, 3.05) is 25.6 Å². The summed E-state index contributed by atoms with van der Waals surface area (Å²) in [4.78, 5) is 26.1. The van der Waals surface area contributed by atoms with Crippen molar-refractivity contribution in [3.63, 3.8) is 0 Å². The fraction of sp³-hybridized carbons (Fsp3) is 0.357. The molecule has 0 fully saturated rings. The molecule has 1 aliphatic rings. The Bertz CT molecular complexity index is 1470. The molecule has 0 aliphatic carbocycles. The number of hydrogen-bond donors (Lipinski definition) is 0. The van der Waals surface area contributed by atoms with Gasteiger partial charge in [0.05, 0.1) is 17.7 Å². The van der Waals surface area contributed by atoms with Gasteiger partial charge in [-0.05, 0) is 36.8 Å². The smallest absolute Gasteiger partial charge is 0.348 e. The van der Waals surface area contributed by atoms with Crippen LogP contribution >= 0.6 is 11.3 Å². The van der Waals surface area contributed by atoms with Crippen LogP contribution in [0.1, 0.15) is 47.7 Å². The van der Waals surface area contributed by atoms with Gasteiger partial charge in [0.25, 0.3) is 0 Å².